The van der Waals surface area contributed by atoms with E-state index in [0.29, 0.717) is 17.9 Å². The third kappa shape index (κ3) is 4.94. The molecule has 1 aromatic carbocycles. The van der Waals surface area contributed by atoms with Crippen molar-refractivity contribution in [1.29, 1.82) is 0 Å². The molecule has 1 fully saturated rings. The number of methoxy groups -OCH3 is 1. The molecule has 172 valence electrons. The summed E-state index contributed by atoms with van der Waals surface area (Å²) in [7, 11) is 1.60. The van der Waals surface area contributed by atoms with Gasteiger partial charge in [0.25, 0.3) is 5.91 Å². The van der Waals surface area contributed by atoms with Gasteiger partial charge in [-0.05, 0) is 49.6 Å². The number of urea groups is 1. The van der Waals surface area contributed by atoms with Crippen LogP contribution in [-0.2, 0) is 16.0 Å². The second-order valence-electron chi connectivity index (χ2n) is 7.90. The van der Waals surface area contributed by atoms with Gasteiger partial charge in [-0.3, -0.25) is 18.9 Å². The summed E-state index contributed by atoms with van der Waals surface area (Å²) in [4.78, 5) is 38.6. The number of hydrogen-bond acceptors (Lipinski definition) is 6. The highest BCUT2D eigenvalue weighted by atomic mass is 16.5. The molecule has 0 spiro atoms. The van der Waals surface area contributed by atoms with Gasteiger partial charge in [-0.15, -0.1) is 10.2 Å². The molecule has 33 heavy (non-hydrogen) atoms. The van der Waals surface area contributed by atoms with Gasteiger partial charge in [-0.2, -0.15) is 0 Å². The lowest BCUT2D eigenvalue weighted by Crippen LogP contribution is -2.34. The highest BCUT2D eigenvalue weighted by molar-refractivity contribution is 6.04. The van der Waals surface area contributed by atoms with E-state index in [-0.39, 0.29) is 37.2 Å². The van der Waals surface area contributed by atoms with Crippen LogP contribution in [-0.4, -0.2) is 57.0 Å². The Morgan fingerprint density at radius 1 is 1.18 bits per heavy atom. The quantitative estimate of drug-likeness (QED) is 0.481. The number of aromatic nitrogens is 3. The number of nitrogens with zero attached hydrogens (tertiary/aromatic N) is 4. The summed E-state index contributed by atoms with van der Waals surface area (Å²) in [6, 6.07) is 11.6. The van der Waals surface area contributed by atoms with Gasteiger partial charge in [0.15, 0.2) is 11.5 Å². The van der Waals surface area contributed by atoms with Crippen LogP contribution >= 0.6 is 0 Å². The van der Waals surface area contributed by atoms with E-state index >= 15 is 0 Å². The van der Waals surface area contributed by atoms with Gasteiger partial charge in [0, 0.05) is 19.2 Å². The Labute approximate surface area is 190 Å². The zero-order chi connectivity index (χ0) is 23.4. The van der Waals surface area contributed by atoms with Crippen molar-refractivity contribution in [1.82, 2.24) is 30.1 Å². The molecule has 10 nitrogen and oxygen atoms in total. The van der Waals surface area contributed by atoms with Crippen molar-refractivity contribution in [3.8, 4) is 5.75 Å². The molecule has 0 bridgehead atoms. The van der Waals surface area contributed by atoms with Crippen molar-refractivity contribution in [2.24, 2.45) is 0 Å². The Morgan fingerprint density at radius 3 is 2.73 bits per heavy atom. The van der Waals surface area contributed by atoms with Gasteiger partial charge in [0.05, 0.1) is 13.2 Å². The minimum Gasteiger partial charge on any atom is -0.497 e. The summed E-state index contributed by atoms with van der Waals surface area (Å²) in [5, 5.41) is 13.8. The minimum absolute atomic E-state index is 0.101. The summed E-state index contributed by atoms with van der Waals surface area (Å²) in [5.74, 6) is 0.833. The number of carbonyl (C=O) groups is 3. The first-order valence-corrected chi connectivity index (χ1v) is 10.8. The molecule has 0 radical (unpaired) electrons. The topological polar surface area (TPSA) is 118 Å². The van der Waals surface area contributed by atoms with Gasteiger partial charge in [-0.25, -0.2) is 4.79 Å². The highest BCUT2D eigenvalue weighted by Gasteiger charge is 2.37. The molecule has 0 unspecified atom stereocenters. The van der Waals surface area contributed by atoms with Crippen molar-refractivity contribution >= 4 is 23.5 Å². The number of benzene rings is 1. The smallest absolute Gasteiger partial charge is 0.324 e. The molecule has 4 amide bonds. The molecule has 0 aliphatic carbocycles. The predicted molar refractivity (Wildman–Crippen MR) is 120 cm³/mol. The Morgan fingerprint density at radius 2 is 1.97 bits per heavy atom. The SMILES string of the molecule is COc1ccc(CCN2C(=O)N[C@H](CCC(=O)N[C@H](C)c3nnc4ccccn34)C2=O)cc1. The summed E-state index contributed by atoms with van der Waals surface area (Å²) < 4.78 is 6.95. The Balaban J connectivity index is 1.27. The first kappa shape index (κ1) is 22.3. The maximum atomic E-state index is 12.7. The van der Waals surface area contributed by atoms with Crippen molar-refractivity contribution in [3.05, 3.63) is 60.0 Å². The van der Waals surface area contributed by atoms with Crippen LogP contribution in [0.3, 0.4) is 0 Å². The number of rotatable bonds is 9. The molecule has 10 heteroatoms. The molecule has 0 saturated carbocycles. The van der Waals surface area contributed by atoms with Crippen LogP contribution in [0.2, 0.25) is 0 Å². The monoisotopic (exact) mass is 450 g/mol. The summed E-state index contributed by atoms with van der Waals surface area (Å²) in [6.07, 6.45) is 2.70. The molecule has 1 saturated heterocycles. The molecule has 1 aliphatic rings. The second kappa shape index (κ2) is 9.68. The van der Waals surface area contributed by atoms with Crippen LogP contribution in [0, 0.1) is 0 Å². The molecule has 3 heterocycles. The van der Waals surface area contributed by atoms with E-state index in [9.17, 15) is 14.4 Å². The highest BCUT2D eigenvalue weighted by Crippen LogP contribution is 2.16. The summed E-state index contributed by atoms with van der Waals surface area (Å²) in [5.41, 5.74) is 1.69. The number of pyridine rings is 1. The summed E-state index contributed by atoms with van der Waals surface area (Å²) >= 11 is 0. The van der Waals surface area contributed by atoms with Crippen molar-refractivity contribution in [2.75, 3.05) is 13.7 Å². The lowest BCUT2D eigenvalue weighted by molar-refractivity contribution is -0.127. The van der Waals surface area contributed by atoms with Crippen LogP contribution in [0.1, 0.15) is 37.2 Å². The number of fused-ring (bicyclic) bond motifs is 1. The molecular weight excluding hydrogens is 424 g/mol. The zero-order valence-corrected chi connectivity index (χ0v) is 18.5. The number of nitrogens with one attached hydrogen (secondary N) is 2. The second-order valence-corrected chi connectivity index (χ2v) is 7.90. The van der Waals surface area contributed by atoms with E-state index in [1.165, 1.54) is 4.90 Å². The van der Waals surface area contributed by atoms with E-state index in [4.69, 9.17) is 4.74 Å². The van der Waals surface area contributed by atoms with Gasteiger partial charge < -0.3 is 15.4 Å². The molecule has 2 atom stereocenters. The normalized spacial score (nSPS) is 16.7. The number of imide groups is 1. The van der Waals surface area contributed by atoms with Crippen molar-refractivity contribution < 1.29 is 19.1 Å². The van der Waals surface area contributed by atoms with Crippen LogP contribution < -0.4 is 15.4 Å². The first-order chi connectivity index (χ1) is 16.0. The molecule has 2 aromatic heterocycles. The molecular formula is C23H26N6O4. The number of hydrogen-bond donors (Lipinski definition) is 2. The minimum atomic E-state index is -0.705. The van der Waals surface area contributed by atoms with Crippen molar-refractivity contribution in [2.45, 2.75) is 38.3 Å². The van der Waals surface area contributed by atoms with Gasteiger partial charge in [-0.1, -0.05) is 18.2 Å². The molecule has 1 aliphatic heterocycles. The van der Waals surface area contributed by atoms with Gasteiger partial charge in [0.1, 0.15) is 11.8 Å². The summed E-state index contributed by atoms with van der Waals surface area (Å²) in [6.45, 7) is 2.10. The Hall–Kier alpha value is -3.95. The van der Waals surface area contributed by atoms with Gasteiger partial charge >= 0.3 is 6.03 Å². The number of amides is 4. The maximum Gasteiger partial charge on any atom is 0.324 e. The standard InChI is InChI=1S/C23H26N6O4/c1-15(21-27-26-19-5-3-4-13-28(19)21)24-20(30)11-10-18-22(31)29(23(32)25-18)14-12-16-6-8-17(33-2)9-7-16/h3-9,13,15,18H,10-12,14H2,1-2H3,(H,24,30)(H,25,32)/t15-,18-/m1/s1. The third-order valence-corrected chi connectivity index (χ3v) is 5.66. The van der Waals surface area contributed by atoms with Crippen LogP contribution in [0.4, 0.5) is 4.79 Å². The van der Waals surface area contributed by atoms with Gasteiger partial charge in [0.2, 0.25) is 5.91 Å². The number of carbonyl (C=O) groups excluding carboxylic acids is 3. The van der Waals surface area contributed by atoms with E-state index in [0.717, 1.165) is 11.3 Å². The van der Waals surface area contributed by atoms with Crippen LogP contribution in [0.5, 0.6) is 5.75 Å². The lowest BCUT2D eigenvalue weighted by Gasteiger charge is -2.14. The molecule has 2 N–H and O–H groups in total. The third-order valence-electron chi connectivity index (χ3n) is 5.66. The van der Waals surface area contributed by atoms with Crippen molar-refractivity contribution in [3.63, 3.8) is 0 Å². The predicted octanol–water partition coefficient (Wildman–Crippen LogP) is 1.86. The fourth-order valence-corrected chi connectivity index (χ4v) is 3.83. The van der Waals surface area contributed by atoms with E-state index in [2.05, 4.69) is 20.8 Å². The first-order valence-electron chi connectivity index (χ1n) is 10.8. The van der Waals surface area contributed by atoms with E-state index in [1.54, 1.807) is 7.11 Å². The Kier molecular flexibility index (Phi) is 6.53. The fraction of sp³-hybridized carbons (Fsp3) is 0.348. The average Bonchev–Trinajstić information content (AvgIpc) is 3.37. The molecule has 4 rings (SSSR count). The number of ether oxygens (including phenoxy) is 1. The van der Waals surface area contributed by atoms with E-state index < -0.39 is 12.1 Å². The van der Waals surface area contributed by atoms with E-state index in [1.807, 2.05) is 60.0 Å². The molecule has 3 aromatic rings. The largest absolute Gasteiger partial charge is 0.497 e. The zero-order valence-electron chi connectivity index (χ0n) is 18.5. The lowest BCUT2D eigenvalue weighted by atomic mass is 10.1. The fourth-order valence-electron chi connectivity index (χ4n) is 3.83. The average molecular weight is 450 g/mol. The van der Waals surface area contributed by atoms with Crippen LogP contribution in [0.15, 0.2) is 48.7 Å². The maximum absolute atomic E-state index is 12.7. The van der Waals surface area contributed by atoms with Crippen LogP contribution in [0.25, 0.3) is 5.65 Å². The Bertz CT molecular complexity index is 1160.